The van der Waals surface area contributed by atoms with Gasteiger partial charge in [-0.15, -0.1) is 0 Å². The third-order valence-electron chi connectivity index (χ3n) is 2.95. The summed E-state index contributed by atoms with van der Waals surface area (Å²) < 4.78 is 13.2. The lowest BCUT2D eigenvalue weighted by Crippen LogP contribution is -2.25. The topological polar surface area (TPSA) is 20.3 Å². The van der Waals surface area contributed by atoms with Gasteiger partial charge >= 0.3 is 0 Å². The minimum atomic E-state index is -0.443. The molecule has 0 radical (unpaired) electrons. The summed E-state index contributed by atoms with van der Waals surface area (Å²) in [5.41, 5.74) is 0.653. The van der Waals surface area contributed by atoms with Crippen LogP contribution in [-0.4, -0.2) is 23.1 Å². The highest BCUT2D eigenvalue weighted by molar-refractivity contribution is 7.80. The van der Waals surface area contributed by atoms with Crippen molar-refractivity contribution in [1.29, 1.82) is 0 Å². The van der Waals surface area contributed by atoms with Gasteiger partial charge in [-0.05, 0) is 23.3 Å². The molecule has 2 rings (SSSR count). The Kier molecular flexibility index (Phi) is 3.94. The molecule has 1 amide bonds. The number of benzene rings is 1. The van der Waals surface area contributed by atoms with Crippen LogP contribution in [0.4, 0.5) is 4.39 Å². The molecular weight excluding hydrogens is 261 g/mol. The highest BCUT2D eigenvalue weighted by Gasteiger charge is 2.28. The number of thiol groups is 1. The highest BCUT2D eigenvalue weighted by Crippen LogP contribution is 2.25. The van der Waals surface area contributed by atoms with Crippen LogP contribution in [0, 0.1) is 11.7 Å². The van der Waals surface area contributed by atoms with Gasteiger partial charge in [0.25, 0.3) is 0 Å². The first-order valence-corrected chi connectivity index (χ1v) is 6.44. The molecule has 1 unspecified atom stereocenters. The number of hydrogen-bond acceptors (Lipinski definition) is 2. The van der Waals surface area contributed by atoms with Gasteiger partial charge in [-0.3, -0.25) is 4.79 Å². The number of carbonyl (C=O) groups is 1. The molecule has 0 N–H and O–H groups in total. The Morgan fingerprint density at radius 2 is 2.29 bits per heavy atom. The van der Waals surface area contributed by atoms with Gasteiger partial charge in [-0.25, -0.2) is 4.39 Å². The first-order chi connectivity index (χ1) is 8.11. The van der Waals surface area contributed by atoms with Gasteiger partial charge in [0.1, 0.15) is 5.82 Å². The maximum atomic E-state index is 13.2. The SMILES string of the molecule is O=C1CC(CS)CN1Cc1cccc(F)c1Cl. The standard InChI is InChI=1S/C12H13ClFNOS/c13-12-9(2-1-3-10(12)14)6-15-5-8(7-17)4-11(15)16/h1-3,8,17H,4-7H2. The number of likely N-dealkylation sites (tertiary alicyclic amines) is 1. The molecule has 1 atom stereocenters. The van der Waals surface area contributed by atoms with E-state index in [-0.39, 0.29) is 16.8 Å². The molecule has 0 aliphatic carbocycles. The second kappa shape index (κ2) is 5.27. The first-order valence-electron chi connectivity index (χ1n) is 5.43. The van der Waals surface area contributed by atoms with Crippen LogP contribution in [0.2, 0.25) is 5.02 Å². The Balaban J connectivity index is 2.11. The van der Waals surface area contributed by atoms with Crippen LogP contribution in [0.5, 0.6) is 0 Å². The fourth-order valence-corrected chi connectivity index (χ4v) is 2.44. The van der Waals surface area contributed by atoms with Crippen LogP contribution in [0.3, 0.4) is 0 Å². The van der Waals surface area contributed by atoms with Crippen molar-refractivity contribution in [2.24, 2.45) is 5.92 Å². The van der Waals surface area contributed by atoms with E-state index in [2.05, 4.69) is 12.6 Å². The predicted octanol–water partition coefficient (Wildman–Crippen LogP) is 2.76. The average molecular weight is 274 g/mol. The fourth-order valence-electron chi connectivity index (χ4n) is 2.01. The number of halogens is 2. The smallest absolute Gasteiger partial charge is 0.223 e. The van der Waals surface area contributed by atoms with E-state index >= 15 is 0 Å². The monoisotopic (exact) mass is 273 g/mol. The van der Waals surface area contributed by atoms with Crippen molar-refractivity contribution in [3.05, 3.63) is 34.6 Å². The Morgan fingerprint density at radius 3 is 2.94 bits per heavy atom. The lowest BCUT2D eigenvalue weighted by Gasteiger charge is -2.17. The first kappa shape index (κ1) is 12.7. The van der Waals surface area contributed by atoms with Gasteiger partial charge in [0.05, 0.1) is 5.02 Å². The fraction of sp³-hybridized carbons (Fsp3) is 0.417. The minimum absolute atomic E-state index is 0.0874. The summed E-state index contributed by atoms with van der Waals surface area (Å²) in [7, 11) is 0. The van der Waals surface area contributed by atoms with Gasteiger partial charge < -0.3 is 4.90 Å². The highest BCUT2D eigenvalue weighted by atomic mass is 35.5. The molecule has 92 valence electrons. The summed E-state index contributed by atoms with van der Waals surface area (Å²) in [5, 5.41) is 0.106. The van der Waals surface area contributed by atoms with E-state index in [0.29, 0.717) is 30.8 Å². The number of nitrogens with zero attached hydrogens (tertiary/aromatic N) is 1. The van der Waals surface area contributed by atoms with E-state index in [1.807, 2.05) is 0 Å². The molecule has 0 spiro atoms. The van der Waals surface area contributed by atoms with Crippen LogP contribution in [-0.2, 0) is 11.3 Å². The Morgan fingerprint density at radius 1 is 1.53 bits per heavy atom. The second-order valence-electron chi connectivity index (χ2n) is 4.24. The normalized spacial score (nSPS) is 20.1. The van der Waals surface area contributed by atoms with Gasteiger partial charge in [0.15, 0.2) is 0 Å². The van der Waals surface area contributed by atoms with Crippen molar-refractivity contribution >= 4 is 30.1 Å². The van der Waals surface area contributed by atoms with Crippen LogP contribution < -0.4 is 0 Å². The number of hydrogen-bond donors (Lipinski definition) is 1. The Labute approximate surface area is 110 Å². The van der Waals surface area contributed by atoms with Gasteiger partial charge in [0.2, 0.25) is 5.91 Å². The van der Waals surface area contributed by atoms with Gasteiger partial charge in [-0.2, -0.15) is 12.6 Å². The zero-order chi connectivity index (χ0) is 12.4. The summed E-state index contributed by atoms with van der Waals surface area (Å²) >= 11 is 10.1. The molecule has 17 heavy (non-hydrogen) atoms. The predicted molar refractivity (Wildman–Crippen MR) is 68.8 cm³/mol. The maximum absolute atomic E-state index is 13.2. The molecule has 0 bridgehead atoms. The minimum Gasteiger partial charge on any atom is -0.338 e. The third kappa shape index (κ3) is 2.75. The van der Waals surface area contributed by atoms with Gasteiger partial charge in [-0.1, -0.05) is 23.7 Å². The van der Waals surface area contributed by atoms with Crippen molar-refractivity contribution in [2.45, 2.75) is 13.0 Å². The van der Waals surface area contributed by atoms with Crippen LogP contribution in [0.1, 0.15) is 12.0 Å². The molecule has 1 aliphatic heterocycles. The average Bonchev–Trinajstić information content (AvgIpc) is 2.66. The molecule has 5 heteroatoms. The van der Waals surface area contributed by atoms with E-state index in [1.54, 1.807) is 17.0 Å². The quantitative estimate of drug-likeness (QED) is 0.840. The summed E-state index contributed by atoms with van der Waals surface area (Å²) in [4.78, 5) is 13.4. The second-order valence-corrected chi connectivity index (χ2v) is 4.98. The van der Waals surface area contributed by atoms with E-state index in [0.717, 1.165) is 0 Å². The van der Waals surface area contributed by atoms with E-state index in [4.69, 9.17) is 11.6 Å². The number of rotatable bonds is 3. The number of amides is 1. The zero-order valence-electron chi connectivity index (χ0n) is 9.20. The van der Waals surface area contributed by atoms with Crippen LogP contribution >= 0.6 is 24.2 Å². The molecule has 0 saturated carbocycles. The summed E-state index contributed by atoms with van der Waals surface area (Å²) in [5.74, 6) is 0.628. The molecule has 1 fully saturated rings. The summed E-state index contributed by atoms with van der Waals surface area (Å²) in [6, 6.07) is 4.66. The summed E-state index contributed by atoms with van der Waals surface area (Å²) in [6.45, 7) is 1.05. The number of carbonyl (C=O) groups excluding carboxylic acids is 1. The Bertz CT molecular complexity index is 441. The third-order valence-corrected chi connectivity index (χ3v) is 3.89. The van der Waals surface area contributed by atoms with Crippen molar-refractivity contribution in [1.82, 2.24) is 4.90 Å². The lowest BCUT2D eigenvalue weighted by atomic mass is 10.1. The molecule has 1 aromatic rings. The molecule has 0 aromatic heterocycles. The van der Waals surface area contributed by atoms with Crippen molar-refractivity contribution in [2.75, 3.05) is 12.3 Å². The van der Waals surface area contributed by atoms with E-state index in [1.165, 1.54) is 6.07 Å². The van der Waals surface area contributed by atoms with Crippen LogP contribution in [0.15, 0.2) is 18.2 Å². The summed E-state index contributed by atoms with van der Waals surface area (Å²) in [6.07, 6.45) is 0.524. The van der Waals surface area contributed by atoms with Crippen molar-refractivity contribution < 1.29 is 9.18 Å². The largest absolute Gasteiger partial charge is 0.338 e. The molecule has 1 saturated heterocycles. The molecular formula is C12H13ClFNOS. The lowest BCUT2D eigenvalue weighted by molar-refractivity contribution is -0.128. The zero-order valence-corrected chi connectivity index (χ0v) is 10.8. The Hall–Kier alpha value is -0.740. The molecule has 1 aliphatic rings. The van der Waals surface area contributed by atoms with E-state index in [9.17, 15) is 9.18 Å². The molecule has 2 nitrogen and oxygen atoms in total. The van der Waals surface area contributed by atoms with Gasteiger partial charge in [0, 0.05) is 19.5 Å². The molecule has 1 aromatic carbocycles. The van der Waals surface area contributed by atoms with Crippen molar-refractivity contribution in [3.63, 3.8) is 0 Å². The van der Waals surface area contributed by atoms with Crippen LogP contribution in [0.25, 0.3) is 0 Å². The molecule has 1 heterocycles. The van der Waals surface area contributed by atoms with Crippen molar-refractivity contribution in [3.8, 4) is 0 Å². The van der Waals surface area contributed by atoms with E-state index < -0.39 is 5.82 Å². The maximum Gasteiger partial charge on any atom is 0.223 e.